The molecule has 0 radical (unpaired) electrons. The molecule has 3 heterocycles. The van der Waals surface area contributed by atoms with E-state index >= 15 is 0 Å². The fraction of sp³-hybridized carbons (Fsp3) is 0.459. The van der Waals surface area contributed by atoms with Crippen LogP contribution in [-0.4, -0.2) is 63.5 Å². The Kier molecular flexibility index (Phi) is 10.3. The minimum absolute atomic E-state index is 0.0594. The molecule has 2 aliphatic rings. The van der Waals surface area contributed by atoms with Gasteiger partial charge in [-0.2, -0.15) is 0 Å². The average Bonchev–Trinajstić information content (AvgIpc) is 3.09. The molecule has 1 saturated carbocycles. The van der Waals surface area contributed by atoms with E-state index in [-0.39, 0.29) is 23.6 Å². The van der Waals surface area contributed by atoms with Crippen molar-refractivity contribution in [3.05, 3.63) is 87.4 Å². The highest BCUT2D eigenvalue weighted by Crippen LogP contribution is 2.44. The van der Waals surface area contributed by atoms with Gasteiger partial charge in [0.2, 0.25) is 0 Å². The molecule has 2 fully saturated rings. The topological polar surface area (TPSA) is 87.4 Å². The summed E-state index contributed by atoms with van der Waals surface area (Å²) in [5.41, 5.74) is 3.18. The molecule has 1 aliphatic carbocycles. The molecule has 8 nitrogen and oxygen atoms in total. The zero-order valence-corrected chi connectivity index (χ0v) is 29.6. The van der Waals surface area contributed by atoms with Gasteiger partial charge in [0.25, 0.3) is 12.0 Å². The maximum atomic E-state index is 14.0. The van der Waals surface area contributed by atoms with Gasteiger partial charge in [-0.1, -0.05) is 55.8 Å². The van der Waals surface area contributed by atoms with Crippen molar-refractivity contribution in [1.82, 2.24) is 24.8 Å². The third-order valence-corrected chi connectivity index (χ3v) is 11.0. The highest BCUT2D eigenvalue weighted by molar-refractivity contribution is 9.10. The molecule has 2 aromatic heterocycles. The van der Waals surface area contributed by atoms with E-state index in [1.165, 1.54) is 0 Å². The average molecular weight is 721 g/mol. The molecular formula is C37H44BrF2N7O. The Morgan fingerprint density at radius 3 is 2.69 bits per heavy atom. The van der Waals surface area contributed by atoms with Gasteiger partial charge in [0, 0.05) is 54.3 Å². The summed E-state index contributed by atoms with van der Waals surface area (Å²) in [4.78, 5) is 30.5. The number of fused-ring (bicyclic) bond motifs is 1. The van der Waals surface area contributed by atoms with Crippen molar-refractivity contribution in [3.63, 3.8) is 0 Å². The fourth-order valence-corrected chi connectivity index (χ4v) is 7.23. The lowest BCUT2D eigenvalue weighted by atomic mass is 9.63. The van der Waals surface area contributed by atoms with Gasteiger partial charge >= 0.3 is 0 Å². The van der Waals surface area contributed by atoms with Crippen LogP contribution < -0.4 is 16.2 Å². The highest BCUT2D eigenvalue weighted by atomic mass is 79.9. The molecule has 6 rings (SSSR count). The SMILES string of the molecule is C[C@@H]1C(N=C(Nc2ccc3c(=O)n(CCc4ccc(Br)cc4)c(-c4cccnc4)nc3c2)N2CCN[C@@H](C(F)F)C2)CCC(C)(C)[C@H]1C. The van der Waals surface area contributed by atoms with Crippen LogP contribution in [0, 0.1) is 17.3 Å². The van der Waals surface area contributed by atoms with Crippen molar-refractivity contribution >= 4 is 38.5 Å². The van der Waals surface area contributed by atoms with E-state index in [1.54, 1.807) is 23.0 Å². The van der Waals surface area contributed by atoms with Crippen molar-refractivity contribution in [2.75, 3.05) is 25.0 Å². The van der Waals surface area contributed by atoms with Crippen molar-refractivity contribution in [3.8, 4) is 11.4 Å². The van der Waals surface area contributed by atoms with Crippen LogP contribution in [0.4, 0.5) is 14.5 Å². The van der Waals surface area contributed by atoms with Crippen LogP contribution >= 0.6 is 15.9 Å². The van der Waals surface area contributed by atoms with Crippen molar-refractivity contribution < 1.29 is 8.78 Å². The maximum Gasteiger partial charge on any atom is 0.261 e. The zero-order valence-electron chi connectivity index (χ0n) is 28.0. The number of alkyl halides is 2. The summed E-state index contributed by atoms with van der Waals surface area (Å²) >= 11 is 3.49. The van der Waals surface area contributed by atoms with Crippen LogP contribution in [0.5, 0.6) is 0 Å². The first kappa shape index (κ1) is 34.2. The van der Waals surface area contributed by atoms with E-state index in [2.05, 4.69) is 59.2 Å². The Labute approximate surface area is 289 Å². The molecule has 0 bridgehead atoms. The van der Waals surface area contributed by atoms with Gasteiger partial charge in [-0.15, -0.1) is 0 Å². The number of pyridine rings is 1. The first-order chi connectivity index (χ1) is 23.0. The zero-order chi connectivity index (χ0) is 34.0. The number of hydrogen-bond donors (Lipinski definition) is 2. The number of nitrogens with one attached hydrogen (secondary N) is 2. The number of guanidine groups is 1. The predicted octanol–water partition coefficient (Wildman–Crippen LogP) is 7.23. The summed E-state index contributed by atoms with van der Waals surface area (Å²) in [6, 6.07) is 16.4. The molecule has 4 aromatic rings. The lowest BCUT2D eigenvalue weighted by Crippen LogP contribution is -2.57. The molecule has 1 aliphatic heterocycles. The molecule has 2 N–H and O–H groups in total. The Balaban J connectivity index is 1.36. The third-order valence-electron chi connectivity index (χ3n) is 10.5. The predicted molar refractivity (Wildman–Crippen MR) is 193 cm³/mol. The third kappa shape index (κ3) is 7.47. The van der Waals surface area contributed by atoms with Crippen LogP contribution in [0.2, 0.25) is 0 Å². The number of anilines is 1. The summed E-state index contributed by atoms with van der Waals surface area (Å²) < 4.78 is 30.4. The van der Waals surface area contributed by atoms with Crippen LogP contribution in [0.3, 0.4) is 0 Å². The van der Waals surface area contributed by atoms with E-state index in [0.29, 0.717) is 66.3 Å². The summed E-state index contributed by atoms with van der Waals surface area (Å²) in [5.74, 6) is 1.91. The van der Waals surface area contributed by atoms with Crippen LogP contribution in [-0.2, 0) is 13.0 Å². The van der Waals surface area contributed by atoms with E-state index in [1.807, 2.05) is 53.4 Å². The van der Waals surface area contributed by atoms with Crippen molar-refractivity contribution in [1.29, 1.82) is 0 Å². The Bertz CT molecular complexity index is 1810. The van der Waals surface area contributed by atoms with Gasteiger partial charge in [0.05, 0.1) is 23.0 Å². The second-order valence-corrected chi connectivity index (χ2v) is 14.8. The monoisotopic (exact) mass is 719 g/mol. The second-order valence-electron chi connectivity index (χ2n) is 13.9. The number of hydrogen-bond acceptors (Lipinski definition) is 5. The lowest BCUT2D eigenvalue weighted by Gasteiger charge is -2.44. The standard InChI is InChI=1S/C37H44BrF2N7O/c1-23-24(2)37(3,4)15-13-30(23)45-36(46-19-17-42-32(22-46)33(39)40)43-28-11-12-29-31(20-28)44-34(26-6-5-16-41-21-26)47(35(29)48)18-14-25-7-9-27(38)10-8-25/h5-12,16,20-21,23-24,30,32-33,42H,13-15,17-19,22H2,1-4H3,(H,43,45)/t23-,24-,30?,32+/m0/s1. The van der Waals surface area contributed by atoms with Gasteiger partial charge < -0.3 is 15.5 Å². The van der Waals surface area contributed by atoms with Gasteiger partial charge in [-0.05, 0) is 84.5 Å². The first-order valence-electron chi connectivity index (χ1n) is 16.8. The number of rotatable bonds is 7. The Morgan fingerprint density at radius 1 is 1.17 bits per heavy atom. The maximum absolute atomic E-state index is 14.0. The number of nitrogens with zero attached hydrogens (tertiary/aromatic N) is 5. The van der Waals surface area contributed by atoms with Gasteiger partial charge in [-0.25, -0.2) is 18.8 Å². The largest absolute Gasteiger partial charge is 0.340 e. The molecule has 0 spiro atoms. The molecule has 2 aromatic carbocycles. The Hall–Kier alpha value is -3.70. The van der Waals surface area contributed by atoms with Crippen molar-refractivity contribution in [2.45, 2.75) is 72.0 Å². The lowest BCUT2D eigenvalue weighted by molar-refractivity contribution is 0.0717. The first-order valence-corrected chi connectivity index (χ1v) is 17.6. The number of halogens is 3. The number of benzene rings is 2. The summed E-state index contributed by atoms with van der Waals surface area (Å²) in [5, 5.41) is 6.94. The quantitative estimate of drug-likeness (QED) is 0.155. The molecule has 254 valence electrons. The van der Waals surface area contributed by atoms with Crippen LogP contribution in [0.15, 0.2) is 81.3 Å². The smallest absolute Gasteiger partial charge is 0.261 e. The van der Waals surface area contributed by atoms with Crippen LogP contribution in [0.1, 0.15) is 46.1 Å². The van der Waals surface area contributed by atoms with E-state index in [0.717, 1.165) is 28.4 Å². The Morgan fingerprint density at radius 2 is 1.96 bits per heavy atom. The fourth-order valence-electron chi connectivity index (χ4n) is 6.97. The van der Waals surface area contributed by atoms with Gasteiger partial charge in [0.15, 0.2) is 5.96 Å². The molecule has 1 saturated heterocycles. The number of aromatic nitrogens is 3. The molecule has 0 amide bonds. The number of aliphatic imine (C=N–C) groups is 1. The van der Waals surface area contributed by atoms with Gasteiger partial charge in [-0.3, -0.25) is 14.3 Å². The second kappa shape index (κ2) is 14.4. The number of aryl methyl sites for hydroxylation is 1. The normalized spacial score (nSPS) is 23.1. The minimum atomic E-state index is -2.48. The molecule has 48 heavy (non-hydrogen) atoms. The van der Waals surface area contributed by atoms with Gasteiger partial charge in [0.1, 0.15) is 5.82 Å². The van der Waals surface area contributed by atoms with E-state index in [4.69, 9.17) is 9.98 Å². The summed E-state index contributed by atoms with van der Waals surface area (Å²) in [7, 11) is 0. The van der Waals surface area contributed by atoms with E-state index < -0.39 is 12.5 Å². The van der Waals surface area contributed by atoms with Crippen molar-refractivity contribution in [2.24, 2.45) is 22.2 Å². The highest BCUT2D eigenvalue weighted by Gasteiger charge is 2.39. The van der Waals surface area contributed by atoms with E-state index in [9.17, 15) is 13.6 Å². The summed E-state index contributed by atoms with van der Waals surface area (Å²) in [6.45, 7) is 10.8. The molecule has 11 heteroatoms. The minimum Gasteiger partial charge on any atom is -0.340 e. The molecular weight excluding hydrogens is 676 g/mol. The molecule has 1 unspecified atom stereocenters. The number of piperazine rings is 1. The summed E-state index contributed by atoms with van der Waals surface area (Å²) in [6.07, 6.45) is 3.57. The molecule has 4 atom stereocenters. The van der Waals surface area contributed by atoms with Crippen LogP contribution in [0.25, 0.3) is 22.3 Å².